The van der Waals surface area contributed by atoms with Gasteiger partial charge in [-0.1, -0.05) is 0 Å². The molecule has 0 spiro atoms. The van der Waals surface area contributed by atoms with Crippen molar-refractivity contribution >= 4 is 0 Å². The second-order valence-corrected chi connectivity index (χ2v) is 2.57. The second kappa shape index (κ2) is 3.27. The molecule has 5 heteroatoms. The van der Waals surface area contributed by atoms with Gasteiger partial charge in [-0.05, 0) is 0 Å². The first kappa shape index (κ1) is 7.90. The summed E-state index contributed by atoms with van der Waals surface area (Å²) in [6, 6.07) is -0.00116. The molecular weight excluding hydrogens is 132 g/mol. The van der Waals surface area contributed by atoms with E-state index in [2.05, 4.69) is 0 Å². The molecule has 5 N–H and O–H groups in total. The lowest BCUT2D eigenvalue weighted by Gasteiger charge is -2.35. The first-order chi connectivity index (χ1) is 4.74. The first-order valence-electron chi connectivity index (χ1n) is 3.36. The summed E-state index contributed by atoms with van der Waals surface area (Å²) in [5, 5.41) is 12.1. The third-order valence-corrected chi connectivity index (χ3v) is 1.77. The Morgan fingerprint density at radius 3 is 2.60 bits per heavy atom. The molecule has 0 aromatic rings. The summed E-state index contributed by atoms with van der Waals surface area (Å²) >= 11 is 0. The van der Waals surface area contributed by atoms with Crippen LogP contribution in [0.5, 0.6) is 0 Å². The van der Waals surface area contributed by atoms with Crippen molar-refractivity contribution < 1.29 is 5.11 Å². The highest BCUT2D eigenvalue weighted by Crippen LogP contribution is 2.00. The van der Waals surface area contributed by atoms with Crippen LogP contribution in [0.4, 0.5) is 0 Å². The zero-order chi connectivity index (χ0) is 7.56. The van der Waals surface area contributed by atoms with Gasteiger partial charge in [-0.15, -0.1) is 0 Å². The second-order valence-electron chi connectivity index (χ2n) is 2.57. The Balaban J connectivity index is 2.38. The van der Waals surface area contributed by atoms with E-state index in [9.17, 15) is 0 Å². The van der Waals surface area contributed by atoms with Crippen molar-refractivity contribution in [3.8, 4) is 0 Å². The lowest BCUT2D eigenvalue weighted by Crippen LogP contribution is -2.59. The summed E-state index contributed by atoms with van der Waals surface area (Å²) in [6.07, 6.45) is 0. The van der Waals surface area contributed by atoms with E-state index in [1.165, 1.54) is 0 Å². The summed E-state index contributed by atoms with van der Waals surface area (Å²) in [6.45, 7) is 2.21. The predicted molar refractivity (Wildman–Crippen MR) is 37.5 cm³/mol. The van der Waals surface area contributed by atoms with Gasteiger partial charge in [-0.25, -0.2) is 10.0 Å². The molecule has 0 aromatic heterocycles. The van der Waals surface area contributed by atoms with Gasteiger partial charge in [-0.2, -0.15) is 0 Å². The SMILES string of the molecule is NN1CCN(N)C(CO)C1. The lowest BCUT2D eigenvalue weighted by molar-refractivity contribution is 0.0398. The minimum Gasteiger partial charge on any atom is -0.395 e. The fraction of sp³-hybridized carbons (Fsp3) is 1.00. The monoisotopic (exact) mass is 146 g/mol. The zero-order valence-corrected chi connectivity index (χ0v) is 5.90. The molecule has 0 aromatic carbocycles. The fourth-order valence-corrected chi connectivity index (χ4v) is 1.06. The molecule has 1 aliphatic rings. The smallest absolute Gasteiger partial charge is 0.0613 e. The van der Waals surface area contributed by atoms with Crippen LogP contribution in [0.3, 0.4) is 0 Å². The third-order valence-electron chi connectivity index (χ3n) is 1.77. The molecule has 0 amide bonds. The summed E-state index contributed by atoms with van der Waals surface area (Å²) in [4.78, 5) is 0. The average Bonchev–Trinajstić information content (AvgIpc) is 1.94. The number of hydrogen-bond donors (Lipinski definition) is 3. The number of aliphatic hydroxyl groups is 1. The highest BCUT2D eigenvalue weighted by Gasteiger charge is 2.21. The minimum atomic E-state index is -0.00116. The van der Waals surface area contributed by atoms with Gasteiger partial charge < -0.3 is 5.11 Å². The van der Waals surface area contributed by atoms with Crippen LogP contribution in [0, 0.1) is 0 Å². The van der Waals surface area contributed by atoms with Crippen molar-refractivity contribution in [3.63, 3.8) is 0 Å². The molecule has 5 nitrogen and oxygen atoms in total. The maximum Gasteiger partial charge on any atom is 0.0613 e. The lowest BCUT2D eigenvalue weighted by atomic mass is 10.2. The maximum absolute atomic E-state index is 8.78. The van der Waals surface area contributed by atoms with Crippen molar-refractivity contribution in [2.24, 2.45) is 11.7 Å². The number of hydrazine groups is 2. The van der Waals surface area contributed by atoms with E-state index in [1.807, 2.05) is 0 Å². The van der Waals surface area contributed by atoms with Crippen LogP contribution < -0.4 is 11.7 Å². The molecule has 0 saturated carbocycles. The Hall–Kier alpha value is -0.200. The minimum absolute atomic E-state index is 0.00116. The third kappa shape index (κ3) is 1.65. The van der Waals surface area contributed by atoms with E-state index in [4.69, 9.17) is 16.8 Å². The van der Waals surface area contributed by atoms with E-state index >= 15 is 0 Å². The average molecular weight is 146 g/mol. The molecule has 1 saturated heterocycles. The van der Waals surface area contributed by atoms with Gasteiger partial charge in [0.15, 0.2) is 0 Å². The topological polar surface area (TPSA) is 78.8 Å². The van der Waals surface area contributed by atoms with Crippen LogP contribution in [0.25, 0.3) is 0 Å². The van der Waals surface area contributed by atoms with Gasteiger partial charge >= 0.3 is 0 Å². The number of rotatable bonds is 1. The number of hydrogen-bond acceptors (Lipinski definition) is 5. The summed E-state index contributed by atoms with van der Waals surface area (Å²) in [7, 11) is 0. The summed E-state index contributed by atoms with van der Waals surface area (Å²) in [5.74, 6) is 11.0. The molecule has 1 unspecified atom stereocenters. The molecule has 0 radical (unpaired) electrons. The Labute approximate surface area is 60.1 Å². The first-order valence-corrected chi connectivity index (χ1v) is 3.36. The van der Waals surface area contributed by atoms with Gasteiger partial charge in [0, 0.05) is 19.6 Å². The highest BCUT2D eigenvalue weighted by molar-refractivity contribution is 4.74. The van der Waals surface area contributed by atoms with Crippen molar-refractivity contribution in [1.82, 2.24) is 10.0 Å². The highest BCUT2D eigenvalue weighted by atomic mass is 16.3. The number of nitrogens with zero attached hydrogens (tertiary/aromatic N) is 2. The van der Waals surface area contributed by atoms with Crippen LogP contribution in [-0.2, 0) is 0 Å². The van der Waals surface area contributed by atoms with Crippen LogP contribution in [-0.4, -0.2) is 47.4 Å². The largest absolute Gasteiger partial charge is 0.395 e. The van der Waals surface area contributed by atoms with Crippen molar-refractivity contribution in [2.45, 2.75) is 6.04 Å². The zero-order valence-electron chi connectivity index (χ0n) is 5.90. The van der Waals surface area contributed by atoms with Crippen molar-refractivity contribution in [3.05, 3.63) is 0 Å². The molecule has 1 rings (SSSR count). The Morgan fingerprint density at radius 2 is 2.10 bits per heavy atom. The molecule has 60 valence electrons. The molecule has 0 bridgehead atoms. The molecule has 1 fully saturated rings. The summed E-state index contributed by atoms with van der Waals surface area (Å²) < 4.78 is 0. The van der Waals surface area contributed by atoms with Crippen LogP contribution in [0.15, 0.2) is 0 Å². The molecule has 1 atom stereocenters. The standard InChI is InChI=1S/C5H14N4O/c6-8-1-2-9(7)5(3-8)4-10/h5,10H,1-4,6-7H2. The van der Waals surface area contributed by atoms with E-state index < -0.39 is 0 Å². The van der Waals surface area contributed by atoms with Gasteiger partial charge in [0.05, 0.1) is 12.6 Å². The van der Waals surface area contributed by atoms with Crippen LogP contribution in [0.1, 0.15) is 0 Å². The Bertz CT molecular complexity index is 110. The van der Waals surface area contributed by atoms with Gasteiger partial charge in [-0.3, -0.25) is 11.7 Å². The Morgan fingerprint density at radius 1 is 1.40 bits per heavy atom. The number of aliphatic hydroxyl groups excluding tert-OH is 1. The van der Waals surface area contributed by atoms with Crippen LogP contribution in [0.2, 0.25) is 0 Å². The molecular formula is C5H14N4O. The normalized spacial score (nSPS) is 30.9. The van der Waals surface area contributed by atoms with E-state index in [0.717, 1.165) is 13.1 Å². The quantitative estimate of drug-likeness (QED) is 0.363. The molecule has 10 heavy (non-hydrogen) atoms. The Kier molecular flexibility index (Phi) is 2.58. The van der Waals surface area contributed by atoms with E-state index in [0.29, 0.717) is 6.54 Å². The van der Waals surface area contributed by atoms with Gasteiger partial charge in [0.1, 0.15) is 0 Å². The molecule has 1 heterocycles. The van der Waals surface area contributed by atoms with E-state index in [1.54, 1.807) is 10.0 Å². The fourth-order valence-electron chi connectivity index (χ4n) is 1.06. The number of piperazine rings is 1. The molecule has 0 aliphatic carbocycles. The van der Waals surface area contributed by atoms with Crippen molar-refractivity contribution in [2.75, 3.05) is 26.2 Å². The number of nitrogens with two attached hydrogens (primary N) is 2. The van der Waals surface area contributed by atoms with E-state index in [-0.39, 0.29) is 12.6 Å². The van der Waals surface area contributed by atoms with Gasteiger partial charge in [0.2, 0.25) is 0 Å². The van der Waals surface area contributed by atoms with Crippen LogP contribution >= 0.6 is 0 Å². The predicted octanol–water partition coefficient (Wildman–Crippen LogP) is -2.29. The van der Waals surface area contributed by atoms with Crippen molar-refractivity contribution in [1.29, 1.82) is 0 Å². The summed E-state index contributed by atoms with van der Waals surface area (Å²) in [5.41, 5.74) is 0. The molecule has 1 aliphatic heterocycles. The maximum atomic E-state index is 8.78. The van der Waals surface area contributed by atoms with Gasteiger partial charge in [0.25, 0.3) is 0 Å².